The van der Waals surface area contributed by atoms with Gasteiger partial charge in [-0.25, -0.2) is 4.79 Å². The molecule has 4 nitrogen and oxygen atoms in total. The number of hydrogen-bond donors (Lipinski definition) is 1. The number of carboxylic acids is 1. The summed E-state index contributed by atoms with van der Waals surface area (Å²) >= 11 is 0. The molecule has 0 amide bonds. The number of allylic oxidation sites excluding steroid dienone is 1. The number of Topliss-reactive ketones (excluding diaryl/α,β-unsaturated/α-hetero) is 1. The number of carbonyl (C=O) groups is 2. The van der Waals surface area contributed by atoms with Gasteiger partial charge in [-0.05, 0) is 13.8 Å². The van der Waals surface area contributed by atoms with E-state index in [1.807, 2.05) is 0 Å². The van der Waals surface area contributed by atoms with E-state index in [4.69, 9.17) is 5.11 Å². The summed E-state index contributed by atoms with van der Waals surface area (Å²) in [6.07, 6.45) is 1.30. The van der Waals surface area contributed by atoms with Crippen molar-refractivity contribution in [2.75, 3.05) is 0 Å². The highest BCUT2D eigenvalue weighted by molar-refractivity contribution is 6.42. The summed E-state index contributed by atoms with van der Waals surface area (Å²) in [6.45, 7) is 3.17. The van der Waals surface area contributed by atoms with Crippen LogP contribution in [0.15, 0.2) is 16.8 Å². The van der Waals surface area contributed by atoms with Gasteiger partial charge in [0.2, 0.25) is 0 Å². The zero-order valence-electron chi connectivity index (χ0n) is 6.87. The van der Waals surface area contributed by atoms with Gasteiger partial charge in [-0.2, -0.15) is 0 Å². The summed E-state index contributed by atoms with van der Waals surface area (Å²) in [5, 5.41) is 8.60. The minimum atomic E-state index is -1.13. The number of aliphatic imine (C=N–C) groups is 1. The lowest BCUT2D eigenvalue weighted by atomic mass is 9.94. The average Bonchev–Trinajstić information content (AvgIpc) is 2.00. The number of aliphatic carboxylic acids is 1. The van der Waals surface area contributed by atoms with Crippen molar-refractivity contribution in [1.82, 2.24) is 0 Å². The van der Waals surface area contributed by atoms with E-state index in [0.29, 0.717) is 5.57 Å². The quantitative estimate of drug-likeness (QED) is 0.623. The van der Waals surface area contributed by atoms with Gasteiger partial charge >= 0.3 is 5.97 Å². The van der Waals surface area contributed by atoms with E-state index in [1.54, 1.807) is 13.8 Å². The van der Waals surface area contributed by atoms with Crippen LogP contribution in [0, 0.1) is 5.92 Å². The van der Waals surface area contributed by atoms with Crippen molar-refractivity contribution in [2.24, 2.45) is 10.9 Å². The lowest BCUT2D eigenvalue weighted by Crippen LogP contribution is -2.30. The van der Waals surface area contributed by atoms with Gasteiger partial charge in [-0.15, -0.1) is 0 Å². The maximum absolute atomic E-state index is 11.2. The minimum Gasteiger partial charge on any atom is -0.477 e. The summed E-state index contributed by atoms with van der Waals surface area (Å²) in [5.41, 5.74) is 0.429. The number of rotatable bonds is 1. The van der Waals surface area contributed by atoms with E-state index >= 15 is 0 Å². The zero-order chi connectivity index (χ0) is 9.30. The summed E-state index contributed by atoms with van der Waals surface area (Å²) < 4.78 is 0. The van der Waals surface area contributed by atoms with Crippen LogP contribution >= 0.6 is 0 Å². The molecule has 64 valence electrons. The molecule has 0 saturated carbocycles. The molecule has 0 radical (unpaired) electrons. The fourth-order valence-electron chi connectivity index (χ4n) is 1.05. The molecule has 0 fully saturated rings. The second kappa shape index (κ2) is 2.89. The molecule has 0 spiro atoms. The Kier molecular flexibility index (Phi) is 2.08. The number of carboxylic acid groups (broad SMARTS) is 1. The van der Waals surface area contributed by atoms with Crippen molar-refractivity contribution in [3.05, 3.63) is 11.8 Å². The predicted octanol–water partition coefficient (Wildman–Crippen LogP) is 0.635. The van der Waals surface area contributed by atoms with Gasteiger partial charge in [-0.1, -0.05) is 0 Å². The Morgan fingerprint density at radius 3 is 2.75 bits per heavy atom. The fourth-order valence-corrected chi connectivity index (χ4v) is 1.05. The van der Waals surface area contributed by atoms with Crippen LogP contribution < -0.4 is 0 Å². The average molecular weight is 167 g/mol. The molecule has 1 rings (SSSR count). The van der Waals surface area contributed by atoms with Crippen LogP contribution in [0.4, 0.5) is 0 Å². The third-order valence-electron chi connectivity index (χ3n) is 1.81. The Balaban J connectivity index is 3.06. The number of nitrogens with zero attached hydrogens (tertiary/aromatic N) is 1. The number of hydrogen-bond acceptors (Lipinski definition) is 3. The number of ketones is 1. The molecule has 1 unspecified atom stereocenters. The maximum Gasteiger partial charge on any atom is 0.350 e. The summed E-state index contributed by atoms with van der Waals surface area (Å²) in [4.78, 5) is 25.4. The van der Waals surface area contributed by atoms with E-state index in [2.05, 4.69) is 4.99 Å². The van der Waals surface area contributed by atoms with Crippen molar-refractivity contribution in [1.29, 1.82) is 0 Å². The predicted molar refractivity (Wildman–Crippen MR) is 43.0 cm³/mol. The Labute approximate surface area is 69.6 Å². The molecular formula is C8H9NO3. The molecule has 0 saturated heterocycles. The van der Waals surface area contributed by atoms with Crippen LogP contribution in [-0.2, 0) is 9.59 Å². The van der Waals surface area contributed by atoms with Crippen molar-refractivity contribution < 1.29 is 14.7 Å². The molecule has 0 aliphatic carbocycles. The molecule has 1 N–H and O–H groups in total. The van der Waals surface area contributed by atoms with Gasteiger partial charge in [-0.3, -0.25) is 9.79 Å². The first-order valence-electron chi connectivity index (χ1n) is 3.56. The van der Waals surface area contributed by atoms with Crippen LogP contribution in [0.2, 0.25) is 0 Å². The second-order valence-electron chi connectivity index (χ2n) is 2.72. The van der Waals surface area contributed by atoms with Gasteiger partial charge in [0, 0.05) is 11.8 Å². The molecule has 1 aliphatic rings. The Morgan fingerprint density at radius 1 is 1.67 bits per heavy atom. The smallest absolute Gasteiger partial charge is 0.350 e. The van der Waals surface area contributed by atoms with E-state index in [9.17, 15) is 9.59 Å². The second-order valence-corrected chi connectivity index (χ2v) is 2.72. The van der Waals surface area contributed by atoms with E-state index in [1.165, 1.54) is 6.20 Å². The molecule has 0 aromatic carbocycles. The normalized spacial score (nSPS) is 23.2. The summed E-state index contributed by atoms with van der Waals surface area (Å²) in [6, 6.07) is 0. The Bertz CT molecular complexity index is 301. The highest BCUT2D eigenvalue weighted by Crippen LogP contribution is 2.14. The molecule has 0 bridgehead atoms. The SMILES string of the molecule is CC1=CN=C(C(=O)O)C(C)C1=O. The standard InChI is InChI=1S/C8H9NO3/c1-4-3-9-6(8(11)12)5(2)7(4)10/h3,5H,1-2H3,(H,11,12). The van der Waals surface area contributed by atoms with Crippen LogP contribution in [-0.4, -0.2) is 22.6 Å². The first-order chi connectivity index (χ1) is 5.54. The molecule has 4 heteroatoms. The third kappa shape index (κ3) is 1.28. The van der Waals surface area contributed by atoms with Crippen LogP contribution in [0.5, 0.6) is 0 Å². The molecular weight excluding hydrogens is 158 g/mol. The topological polar surface area (TPSA) is 66.7 Å². The Morgan fingerprint density at radius 2 is 2.25 bits per heavy atom. The molecule has 1 heterocycles. The summed E-state index contributed by atoms with van der Waals surface area (Å²) in [7, 11) is 0. The van der Waals surface area contributed by atoms with Gasteiger partial charge in [0.1, 0.15) is 5.71 Å². The summed E-state index contributed by atoms with van der Waals surface area (Å²) in [5.74, 6) is -1.91. The highest BCUT2D eigenvalue weighted by atomic mass is 16.4. The lowest BCUT2D eigenvalue weighted by molar-refractivity contribution is -0.130. The van der Waals surface area contributed by atoms with Crippen molar-refractivity contribution in [2.45, 2.75) is 13.8 Å². The highest BCUT2D eigenvalue weighted by Gasteiger charge is 2.27. The Hall–Kier alpha value is -1.45. The van der Waals surface area contributed by atoms with Gasteiger partial charge in [0.25, 0.3) is 0 Å². The fraction of sp³-hybridized carbons (Fsp3) is 0.375. The maximum atomic E-state index is 11.2. The van der Waals surface area contributed by atoms with Crippen molar-refractivity contribution in [3.63, 3.8) is 0 Å². The molecule has 1 aliphatic heterocycles. The van der Waals surface area contributed by atoms with Gasteiger partial charge in [0.15, 0.2) is 5.78 Å². The number of carbonyl (C=O) groups excluding carboxylic acids is 1. The van der Waals surface area contributed by atoms with Crippen molar-refractivity contribution >= 4 is 17.5 Å². The minimum absolute atomic E-state index is 0.0781. The molecule has 12 heavy (non-hydrogen) atoms. The van der Waals surface area contributed by atoms with E-state index < -0.39 is 11.9 Å². The first kappa shape index (κ1) is 8.64. The molecule has 0 aromatic rings. The zero-order valence-corrected chi connectivity index (χ0v) is 6.87. The largest absolute Gasteiger partial charge is 0.477 e. The van der Waals surface area contributed by atoms with Gasteiger partial charge < -0.3 is 5.11 Å². The monoisotopic (exact) mass is 167 g/mol. The van der Waals surface area contributed by atoms with E-state index in [-0.39, 0.29) is 11.5 Å². The van der Waals surface area contributed by atoms with E-state index in [0.717, 1.165) is 0 Å². The molecule has 1 atom stereocenters. The third-order valence-corrected chi connectivity index (χ3v) is 1.81. The van der Waals surface area contributed by atoms with Crippen molar-refractivity contribution in [3.8, 4) is 0 Å². The van der Waals surface area contributed by atoms with Crippen LogP contribution in [0.25, 0.3) is 0 Å². The van der Waals surface area contributed by atoms with Crippen LogP contribution in [0.3, 0.4) is 0 Å². The lowest BCUT2D eigenvalue weighted by Gasteiger charge is -2.13. The van der Waals surface area contributed by atoms with Gasteiger partial charge in [0.05, 0.1) is 5.92 Å². The first-order valence-corrected chi connectivity index (χ1v) is 3.56. The molecule has 0 aromatic heterocycles. The van der Waals surface area contributed by atoms with Crippen LogP contribution in [0.1, 0.15) is 13.8 Å².